The lowest BCUT2D eigenvalue weighted by atomic mass is 9.89. The van der Waals surface area contributed by atoms with Gasteiger partial charge in [0.2, 0.25) is 5.76 Å². The second kappa shape index (κ2) is 9.61. The lowest BCUT2D eigenvalue weighted by molar-refractivity contribution is 0.0560. The topological polar surface area (TPSA) is 51.5 Å². The van der Waals surface area contributed by atoms with Crippen LogP contribution < -0.4 is 5.32 Å². The third kappa shape index (κ3) is 5.20. The Balaban J connectivity index is 2.89. The van der Waals surface area contributed by atoms with E-state index in [-0.39, 0.29) is 11.8 Å². The Kier molecular flexibility index (Phi) is 8.13. The molecule has 0 fully saturated rings. The Labute approximate surface area is 128 Å². The molecule has 1 heterocycles. The number of rotatable bonds is 10. The van der Waals surface area contributed by atoms with E-state index < -0.39 is 5.97 Å². The third-order valence-corrected chi connectivity index (χ3v) is 3.86. The molecule has 0 aliphatic rings. The molecule has 1 rings (SSSR count). The van der Waals surface area contributed by atoms with E-state index in [0.29, 0.717) is 5.92 Å². The van der Waals surface area contributed by atoms with Gasteiger partial charge in [0, 0.05) is 0 Å². The number of methoxy groups -OCH3 is 1. The standard InChI is InChI=1S/C17H29NO3/c1-5-8-9-13(7-3)16(18-12-6-2)14-10-11-15(21-14)17(19)20-4/h10-11,13,16,18H,5-9,12H2,1-4H3. The van der Waals surface area contributed by atoms with Crippen molar-refractivity contribution in [1.29, 1.82) is 0 Å². The molecule has 1 aromatic rings. The first-order valence-corrected chi connectivity index (χ1v) is 8.09. The number of furan rings is 1. The molecule has 1 aromatic heterocycles. The average Bonchev–Trinajstić information content (AvgIpc) is 2.99. The monoisotopic (exact) mass is 295 g/mol. The number of nitrogens with one attached hydrogen (secondary N) is 1. The van der Waals surface area contributed by atoms with E-state index in [0.717, 1.165) is 25.1 Å². The van der Waals surface area contributed by atoms with Crippen molar-refractivity contribution < 1.29 is 13.9 Å². The number of carbonyl (C=O) groups is 1. The predicted molar refractivity (Wildman–Crippen MR) is 84.4 cm³/mol. The summed E-state index contributed by atoms with van der Waals surface area (Å²) in [6.45, 7) is 7.52. The van der Waals surface area contributed by atoms with E-state index in [1.807, 2.05) is 6.07 Å². The Morgan fingerprint density at radius 3 is 2.62 bits per heavy atom. The Hall–Kier alpha value is -1.29. The fourth-order valence-corrected chi connectivity index (χ4v) is 2.60. The van der Waals surface area contributed by atoms with Gasteiger partial charge in [-0.05, 0) is 37.4 Å². The smallest absolute Gasteiger partial charge is 0.373 e. The van der Waals surface area contributed by atoms with Gasteiger partial charge in [-0.15, -0.1) is 0 Å². The maximum Gasteiger partial charge on any atom is 0.373 e. The summed E-state index contributed by atoms with van der Waals surface area (Å²) in [5.41, 5.74) is 0. The predicted octanol–water partition coefficient (Wildman–Crippen LogP) is 4.32. The molecule has 0 aliphatic heterocycles. The van der Waals surface area contributed by atoms with Gasteiger partial charge in [-0.1, -0.05) is 40.0 Å². The van der Waals surface area contributed by atoms with Gasteiger partial charge in [0.1, 0.15) is 5.76 Å². The Morgan fingerprint density at radius 2 is 2.05 bits per heavy atom. The van der Waals surface area contributed by atoms with Crippen molar-refractivity contribution in [3.05, 3.63) is 23.7 Å². The molecule has 120 valence electrons. The van der Waals surface area contributed by atoms with Gasteiger partial charge in [-0.2, -0.15) is 0 Å². The maximum absolute atomic E-state index is 11.5. The van der Waals surface area contributed by atoms with Crippen LogP contribution in [0.1, 0.15) is 75.2 Å². The van der Waals surface area contributed by atoms with Gasteiger partial charge in [0.15, 0.2) is 0 Å². The minimum Gasteiger partial charge on any atom is -0.463 e. The first-order chi connectivity index (χ1) is 10.2. The van der Waals surface area contributed by atoms with Gasteiger partial charge in [0.05, 0.1) is 13.2 Å². The van der Waals surface area contributed by atoms with Crippen LogP contribution in [0.3, 0.4) is 0 Å². The fraction of sp³-hybridized carbons (Fsp3) is 0.706. The molecule has 0 aromatic carbocycles. The molecule has 0 aliphatic carbocycles. The summed E-state index contributed by atoms with van der Waals surface area (Å²) >= 11 is 0. The summed E-state index contributed by atoms with van der Waals surface area (Å²) in [5, 5.41) is 3.57. The molecule has 0 amide bonds. The van der Waals surface area contributed by atoms with Crippen molar-refractivity contribution in [2.75, 3.05) is 13.7 Å². The van der Waals surface area contributed by atoms with Gasteiger partial charge in [-0.3, -0.25) is 0 Å². The van der Waals surface area contributed by atoms with Gasteiger partial charge < -0.3 is 14.5 Å². The van der Waals surface area contributed by atoms with Gasteiger partial charge >= 0.3 is 5.97 Å². The molecule has 4 nitrogen and oxygen atoms in total. The molecule has 0 saturated heterocycles. The van der Waals surface area contributed by atoms with Crippen LogP contribution in [0.5, 0.6) is 0 Å². The van der Waals surface area contributed by atoms with Crippen molar-refractivity contribution in [2.24, 2.45) is 5.92 Å². The summed E-state index contributed by atoms with van der Waals surface area (Å²) in [7, 11) is 1.37. The van der Waals surface area contributed by atoms with Crippen molar-refractivity contribution in [3.63, 3.8) is 0 Å². The second-order valence-electron chi connectivity index (χ2n) is 5.44. The van der Waals surface area contributed by atoms with Crippen molar-refractivity contribution in [2.45, 2.75) is 58.9 Å². The zero-order valence-electron chi connectivity index (χ0n) is 13.8. The molecule has 1 N–H and O–H groups in total. The largest absolute Gasteiger partial charge is 0.463 e. The normalized spacial score (nSPS) is 13.9. The van der Waals surface area contributed by atoms with E-state index >= 15 is 0 Å². The molecule has 0 saturated carbocycles. The van der Waals surface area contributed by atoms with Crippen LogP contribution in [0.4, 0.5) is 0 Å². The number of ether oxygens (including phenoxy) is 1. The van der Waals surface area contributed by atoms with E-state index in [4.69, 9.17) is 9.15 Å². The van der Waals surface area contributed by atoms with Crippen molar-refractivity contribution in [1.82, 2.24) is 5.32 Å². The van der Waals surface area contributed by atoms with E-state index in [2.05, 4.69) is 26.1 Å². The van der Waals surface area contributed by atoms with Crippen LogP contribution in [0.25, 0.3) is 0 Å². The second-order valence-corrected chi connectivity index (χ2v) is 5.44. The Bertz CT molecular complexity index is 414. The first kappa shape index (κ1) is 17.8. The summed E-state index contributed by atoms with van der Waals surface area (Å²) in [6, 6.07) is 3.77. The lowest BCUT2D eigenvalue weighted by Crippen LogP contribution is -2.28. The summed E-state index contributed by atoms with van der Waals surface area (Å²) in [5.74, 6) is 1.22. The number of hydrogen-bond acceptors (Lipinski definition) is 4. The highest BCUT2D eigenvalue weighted by Crippen LogP contribution is 2.30. The Morgan fingerprint density at radius 1 is 1.29 bits per heavy atom. The summed E-state index contributed by atoms with van der Waals surface area (Å²) in [4.78, 5) is 11.5. The van der Waals surface area contributed by atoms with Crippen LogP contribution in [-0.2, 0) is 4.74 Å². The zero-order valence-corrected chi connectivity index (χ0v) is 13.8. The highest BCUT2D eigenvalue weighted by atomic mass is 16.5. The molecule has 0 radical (unpaired) electrons. The average molecular weight is 295 g/mol. The minimum absolute atomic E-state index is 0.167. The number of hydrogen-bond donors (Lipinski definition) is 1. The SMILES string of the molecule is CCCCC(CC)C(NCCC)c1ccc(C(=O)OC)o1. The number of esters is 1. The minimum atomic E-state index is -0.419. The molecular weight excluding hydrogens is 266 g/mol. The van der Waals surface area contributed by atoms with E-state index in [1.165, 1.54) is 26.4 Å². The third-order valence-electron chi connectivity index (χ3n) is 3.86. The molecule has 2 unspecified atom stereocenters. The van der Waals surface area contributed by atoms with Crippen molar-refractivity contribution >= 4 is 5.97 Å². The van der Waals surface area contributed by atoms with E-state index in [9.17, 15) is 4.79 Å². The van der Waals surface area contributed by atoms with Crippen molar-refractivity contribution in [3.8, 4) is 0 Å². The van der Waals surface area contributed by atoms with Crippen LogP contribution in [-0.4, -0.2) is 19.6 Å². The molecule has 2 atom stereocenters. The first-order valence-electron chi connectivity index (χ1n) is 8.09. The number of carbonyl (C=O) groups excluding carboxylic acids is 1. The van der Waals surface area contributed by atoms with E-state index in [1.54, 1.807) is 6.07 Å². The molecule has 21 heavy (non-hydrogen) atoms. The summed E-state index contributed by atoms with van der Waals surface area (Å²) < 4.78 is 10.4. The highest BCUT2D eigenvalue weighted by molar-refractivity contribution is 5.86. The highest BCUT2D eigenvalue weighted by Gasteiger charge is 2.25. The molecular formula is C17H29NO3. The fourth-order valence-electron chi connectivity index (χ4n) is 2.60. The van der Waals surface area contributed by atoms with Gasteiger partial charge in [0.25, 0.3) is 0 Å². The summed E-state index contributed by atoms with van der Waals surface area (Å²) in [6.07, 6.45) is 5.75. The quantitative estimate of drug-likeness (QED) is 0.653. The van der Waals surface area contributed by atoms with Gasteiger partial charge in [-0.25, -0.2) is 4.79 Å². The van der Waals surface area contributed by atoms with Crippen LogP contribution in [0.2, 0.25) is 0 Å². The molecule has 0 spiro atoms. The van der Waals surface area contributed by atoms with Crippen LogP contribution in [0, 0.1) is 5.92 Å². The molecule has 4 heteroatoms. The number of unbranched alkanes of at least 4 members (excludes halogenated alkanes) is 1. The lowest BCUT2D eigenvalue weighted by Gasteiger charge is -2.25. The molecule has 0 bridgehead atoms. The zero-order chi connectivity index (χ0) is 15.7. The van der Waals surface area contributed by atoms with Crippen LogP contribution >= 0.6 is 0 Å². The maximum atomic E-state index is 11.5. The van der Waals surface area contributed by atoms with Crippen LogP contribution in [0.15, 0.2) is 16.5 Å².